The van der Waals surface area contributed by atoms with Crippen LogP contribution in [-0.2, 0) is 19.5 Å². The van der Waals surface area contributed by atoms with Gasteiger partial charge in [-0.2, -0.15) is 0 Å². The van der Waals surface area contributed by atoms with E-state index in [0.29, 0.717) is 16.6 Å². The van der Waals surface area contributed by atoms with Crippen molar-refractivity contribution in [1.29, 1.82) is 0 Å². The van der Waals surface area contributed by atoms with Gasteiger partial charge in [0.15, 0.2) is 0 Å². The van der Waals surface area contributed by atoms with E-state index in [2.05, 4.69) is 20.2 Å². The van der Waals surface area contributed by atoms with Gasteiger partial charge in [0.25, 0.3) is 0 Å². The molecular weight excluding hydrogens is 347 g/mol. The molecular formula is C17H20Cl2N4O. The predicted molar refractivity (Wildman–Crippen MR) is 95.4 cm³/mol. The number of aromatic nitrogens is 2. The van der Waals surface area contributed by atoms with Crippen LogP contribution in [0.3, 0.4) is 0 Å². The van der Waals surface area contributed by atoms with Gasteiger partial charge < -0.3 is 15.2 Å². The lowest BCUT2D eigenvalue weighted by Gasteiger charge is -2.16. The average molecular weight is 367 g/mol. The molecule has 7 heteroatoms. The van der Waals surface area contributed by atoms with Crippen LogP contribution in [0.15, 0.2) is 24.4 Å². The van der Waals surface area contributed by atoms with Crippen molar-refractivity contribution in [3.8, 4) is 0 Å². The first-order valence-electron chi connectivity index (χ1n) is 8.07. The molecule has 1 atom stereocenters. The molecule has 1 aliphatic heterocycles. The van der Waals surface area contributed by atoms with E-state index in [1.807, 2.05) is 19.2 Å². The fraction of sp³-hybridized carbons (Fsp3) is 0.412. The number of aryl methyl sites for hydroxylation is 2. The first-order valence-corrected chi connectivity index (χ1v) is 8.83. The Labute approximate surface area is 151 Å². The van der Waals surface area contributed by atoms with Crippen LogP contribution in [-0.4, -0.2) is 15.6 Å². The number of amides is 2. The van der Waals surface area contributed by atoms with Gasteiger partial charge in [0, 0.05) is 29.2 Å². The van der Waals surface area contributed by atoms with Gasteiger partial charge in [-0.3, -0.25) is 0 Å². The van der Waals surface area contributed by atoms with E-state index < -0.39 is 0 Å². The highest BCUT2D eigenvalue weighted by Crippen LogP contribution is 2.26. The molecule has 0 saturated heterocycles. The summed E-state index contributed by atoms with van der Waals surface area (Å²) in [5.41, 5.74) is 1.72. The van der Waals surface area contributed by atoms with Gasteiger partial charge in [0.1, 0.15) is 5.82 Å². The van der Waals surface area contributed by atoms with E-state index in [0.717, 1.165) is 30.0 Å². The van der Waals surface area contributed by atoms with E-state index in [9.17, 15) is 4.79 Å². The van der Waals surface area contributed by atoms with Gasteiger partial charge in [-0.1, -0.05) is 29.3 Å². The first kappa shape index (κ1) is 17.1. The second-order valence-corrected chi connectivity index (χ2v) is 6.86. The molecule has 0 saturated carbocycles. The Balaban J connectivity index is 1.54. The quantitative estimate of drug-likeness (QED) is 0.855. The Kier molecular flexibility index (Phi) is 5.31. The van der Waals surface area contributed by atoms with Crippen molar-refractivity contribution in [1.82, 2.24) is 20.2 Å². The molecule has 1 aromatic carbocycles. The topological polar surface area (TPSA) is 59.0 Å². The Hall–Kier alpha value is -1.72. The number of benzene rings is 1. The Morgan fingerprint density at radius 3 is 2.96 bits per heavy atom. The van der Waals surface area contributed by atoms with Crippen LogP contribution < -0.4 is 10.6 Å². The number of carbonyl (C=O) groups excluding carboxylic acids is 1. The molecule has 2 amide bonds. The molecule has 0 aliphatic carbocycles. The Morgan fingerprint density at radius 1 is 1.38 bits per heavy atom. The molecule has 24 heavy (non-hydrogen) atoms. The molecule has 128 valence electrons. The van der Waals surface area contributed by atoms with Crippen LogP contribution in [0.4, 0.5) is 4.79 Å². The molecule has 0 fully saturated rings. The zero-order chi connectivity index (χ0) is 17.1. The van der Waals surface area contributed by atoms with Crippen molar-refractivity contribution in [2.75, 3.05) is 0 Å². The summed E-state index contributed by atoms with van der Waals surface area (Å²) in [5, 5.41) is 6.83. The smallest absolute Gasteiger partial charge is 0.315 e. The second-order valence-electron chi connectivity index (χ2n) is 6.01. The van der Waals surface area contributed by atoms with Crippen molar-refractivity contribution >= 4 is 29.2 Å². The van der Waals surface area contributed by atoms with E-state index in [1.165, 1.54) is 12.8 Å². The third kappa shape index (κ3) is 4.02. The summed E-state index contributed by atoms with van der Waals surface area (Å²) in [6, 6.07) is 4.78. The molecule has 3 rings (SSSR count). The molecule has 0 radical (unpaired) electrons. The first-order chi connectivity index (χ1) is 11.5. The highest BCUT2D eigenvalue weighted by Gasteiger charge is 2.15. The average Bonchev–Trinajstić information content (AvgIpc) is 2.95. The zero-order valence-corrected chi connectivity index (χ0v) is 15.0. The number of carbonyl (C=O) groups is 1. The minimum absolute atomic E-state index is 0.218. The van der Waals surface area contributed by atoms with Gasteiger partial charge >= 0.3 is 6.03 Å². The third-order valence-corrected chi connectivity index (χ3v) is 4.73. The number of imidazole rings is 1. The standard InChI is InChI=1S/C17H20Cl2N4O/c1-11(14-6-5-12(18)8-15(14)19)21-17(24)20-9-13-10-23-7-3-2-4-16(23)22-13/h5-6,8,10-11H,2-4,7,9H2,1H3,(H2,20,21,24)/t11-/m1/s1. The van der Waals surface area contributed by atoms with Gasteiger partial charge in [0.05, 0.1) is 18.3 Å². The highest BCUT2D eigenvalue weighted by atomic mass is 35.5. The van der Waals surface area contributed by atoms with Crippen molar-refractivity contribution in [2.45, 2.75) is 45.3 Å². The summed E-state index contributed by atoms with van der Waals surface area (Å²) in [5.74, 6) is 1.11. The lowest BCUT2D eigenvalue weighted by Crippen LogP contribution is -2.36. The Bertz CT molecular complexity index is 721. The van der Waals surface area contributed by atoms with Gasteiger partial charge in [-0.25, -0.2) is 9.78 Å². The van der Waals surface area contributed by atoms with Crippen LogP contribution in [0.25, 0.3) is 0 Å². The number of hydrogen-bond donors (Lipinski definition) is 2. The minimum Gasteiger partial charge on any atom is -0.335 e. The lowest BCUT2D eigenvalue weighted by molar-refractivity contribution is 0.237. The number of nitrogens with zero attached hydrogens (tertiary/aromatic N) is 2. The largest absolute Gasteiger partial charge is 0.335 e. The molecule has 0 bridgehead atoms. The molecule has 2 heterocycles. The molecule has 2 aromatic rings. The molecule has 1 aromatic heterocycles. The SMILES string of the molecule is C[C@@H](NC(=O)NCc1cn2c(n1)CCCC2)c1ccc(Cl)cc1Cl. The fourth-order valence-corrected chi connectivity index (χ4v) is 3.48. The summed E-state index contributed by atoms with van der Waals surface area (Å²) in [6.07, 6.45) is 5.41. The van der Waals surface area contributed by atoms with Gasteiger partial charge in [-0.15, -0.1) is 0 Å². The number of hydrogen-bond acceptors (Lipinski definition) is 2. The fourth-order valence-electron chi connectivity index (χ4n) is 2.91. The summed E-state index contributed by atoms with van der Waals surface area (Å²) >= 11 is 12.1. The molecule has 0 spiro atoms. The van der Waals surface area contributed by atoms with Crippen molar-refractivity contribution < 1.29 is 4.79 Å². The van der Waals surface area contributed by atoms with Crippen LogP contribution in [0.5, 0.6) is 0 Å². The molecule has 1 aliphatic rings. The summed E-state index contributed by atoms with van der Waals surface area (Å²) in [6.45, 7) is 3.30. The molecule has 2 N–H and O–H groups in total. The van der Waals surface area contributed by atoms with Gasteiger partial charge in [-0.05, 0) is 37.5 Å². The maximum atomic E-state index is 12.1. The van der Waals surface area contributed by atoms with Gasteiger partial charge in [0.2, 0.25) is 0 Å². The second kappa shape index (κ2) is 7.45. The number of rotatable bonds is 4. The maximum Gasteiger partial charge on any atom is 0.315 e. The van der Waals surface area contributed by atoms with Crippen molar-refractivity contribution in [2.24, 2.45) is 0 Å². The van der Waals surface area contributed by atoms with Crippen LogP contribution in [0, 0.1) is 0 Å². The number of fused-ring (bicyclic) bond motifs is 1. The van der Waals surface area contributed by atoms with E-state index >= 15 is 0 Å². The van der Waals surface area contributed by atoms with Crippen LogP contribution >= 0.6 is 23.2 Å². The summed E-state index contributed by atoms with van der Waals surface area (Å²) in [7, 11) is 0. The van der Waals surface area contributed by atoms with Crippen LogP contribution in [0.1, 0.15) is 42.9 Å². The summed E-state index contributed by atoms with van der Waals surface area (Å²) < 4.78 is 2.18. The lowest BCUT2D eigenvalue weighted by atomic mass is 10.1. The number of nitrogens with one attached hydrogen (secondary N) is 2. The predicted octanol–water partition coefficient (Wildman–Crippen LogP) is 4.09. The molecule has 5 nitrogen and oxygen atoms in total. The van der Waals surface area contributed by atoms with Crippen molar-refractivity contribution in [3.05, 3.63) is 51.5 Å². The van der Waals surface area contributed by atoms with E-state index in [4.69, 9.17) is 23.2 Å². The maximum absolute atomic E-state index is 12.1. The highest BCUT2D eigenvalue weighted by molar-refractivity contribution is 6.35. The minimum atomic E-state index is -0.250. The van der Waals surface area contributed by atoms with Crippen molar-refractivity contribution in [3.63, 3.8) is 0 Å². The van der Waals surface area contributed by atoms with E-state index in [-0.39, 0.29) is 12.1 Å². The van der Waals surface area contributed by atoms with Crippen LogP contribution in [0.2, 0.25) is 10.0 Å². The normalized spacial score (nSPS) is 14.8. The van der Waals surface area contributed by atoms with E-state index in [1.54, 1.807) is 12.1 Å². The molecule has 0 unspecified atom stereocenters. The monoisotopic (exact) mass is 366 g/mol. The summed E-state index contributed by atoms with van der Waals surface area (Å²) in [4.78, 5) is 16.7. The zero-order valence-electron chi connectivity index (χ0n) is 13.5. The third-order valence-electron chi connectivity index (χ3n) is 4.17. The Morgan fingerprint density at radius 2 is 2.21 bits per heavy atom. The number of halogens is 2. The number of urea groups is 1.